The SMILES string of the molecule is CC(=O)Nc1ccc(NC(=O)C(C)n2cnc3sc(C)c(-c4ccc(C)c(C)c4)c3c2=O)cc1. The highest BCUT2D eigenvalue weighted by Gasteiger charge is 2.22. The predicted molar refractivity (Wildman–Crippen MR) is 138 cm³/mol. The van der Waals surface area contributed by atoms with Crippen molar-refractivity contribution in [3.63, 3.8) is 0 Å². The number of benzene rings is 2. The van der Waals surface area contributed by atoms with Crippen LogP contribution in [0.2, 0.25) is 0 Å². The summed E-state index contributed by atoms with van der Waals surface area (Å²) in [5.41, 5.74) is 5.14. The topological polar surface area (TPSA) is 93.1 Å². The van der Waals surface area contributed by atoms with Crippen LogP contribution in [0, 0.1) is 20.8 Å². The van der Waals surface area contributed by atoms with Crippen molar-refractivity contribution in [2.45, 2.75) is 40.7 Å². The number of fused-ring (bicyclic) bond motifs is 1. The van der Waals surface area contributed by atoms with Crippen LogP contribution in [-0.4, -0.2) is 21.4 Å². The molecule has 7 nitrogen and oxygen atoms in total. The van der Waals surface area contributed by atoms with Gasteiger partial charge in [0, 0.05) is 28.7 Å². The molecule has 0 spiro atoms. The summed E-state index contributed by atoms with van der Waals surface area (Å²) in [4.78, 5) is 43.8. The highest BCUT2D eigenvalue weighted by Crippen LogP contribution is 2.36. The van der Waals surface area contributed by atoms with Crippen molar-refractivity contribution >= 4 is 44.7 Å². The number of rotatable bonds is 5. The average Bonchev–Trinajstić information content (AvgIpc) is 3.13. The van der Waals surface area contributed by atoms with Crippen molar-refractivity contribution in [1.29, 1.82) is 0 Å². The smallest absolute Gasteiger partial charge is 0.263 e. The summed E-state index contributed by atoms with van der Waals surface area (Å²) in [6.45, 7) is 9.20. The third-order valence-corrected chi connectivity index (χ3v) is 6.89. The van der Waals surface area contributed by atoms with Crippen LogP contribution in [0.25, 0.3) is 21.3 Å². The molecule has 2 aromatic heterocycles. The van der Waals surface area contributed by atoms with E-state index >= 15 is 0 Å². The standard InChI is InChI=1S/C26H26N4O3S/c1-14-6-7-19(12-15(14)2)22-17(4)34-25-23(22)26(33)30(13-27-25)16(3)24(32)29-21-10-8-20(9-11-21)28-18(5)31/h6-13,16H,1-5H3,(H,28,31)(H,29,32). The molecule has 174 valence electrons. The molecule has 1 unspecified atom stereocenters. The summed E-state index contributed by atoms with van der Waals surface area (Å²) < 4.78 is 1.38. The van der Waals surface area contributed by atoms with Gasteiger partial charge in [-0.3, -0.25) is 19.0 Å². The highest BCUT2D eigenvalue weighted by atomic mass is 32.1. The van der Waals surface area contributed by atoms with Gasteiger partial charge < -0.3 is 10.6 Å². The summed E-state index contributed by atoms with van der Waals surface area (Å²) in [5.74, 6) is -0.508. The van der Waals surface area contributed by atoms with Crippen molar-refractivity contribution in [2.75, 3.05) is 10.6 Å². The highest BCUT2D eigenvalue weighted by molar-refractivity contribution is 7.19. The zero-order valence-corrected chi connectivity index (χ0v) is 20.5. The first kappa shape index (κ1) is 23.4. The average molecular weight is 475 g/mol. The maximum atomic E-state index is 13.5. The van der Waals surface area contributed by atoms with E-state index < -0.39 is 6.04 Å². The number of aryl methyl sites for hydroxylation is 3. The second kappa shape index (κ2) is 9.23. The van der Waals surface area contributed by atoms with Crippen LogP contribution < -0.4 is 16.2 Å². The normalized spacial score (nSPS) is 11.9. The molecule has 34 heavy (non-hydrogen) atoms. The van der Waals surface area contributed by atoms with E-state index in [1.54, 1.807) is 31.2 Å². The number of amides is 2. The number of thiophene rings is 1. The molecule has 0 bridgehead atoms. The van der Waals surface area contributed by atoms with Crippen LogP contribution in [0.15, 0.2) is 53.6 Å². The van der Waals surface area contributed by atoms with Crippen LogP contribution in [0.1, 0.15) is 35.9 Å². The van der Waals surface area contributed by atoms with Gasteiger partial charge in [-0.25, -0.2) is 4.98 Å². The van der Waals surface area contributed by atoms with Gasteiger partial charge in [0.05, 0.1) is 11.7 Å². The number of hydrogen-bond acceptors (Lipinski definition) is 5. The van der Waals surface area contributed by atoms with Crippen LogP contribution in [0.4, 0.5) is 11.4 Å². The maximum absolute atomic E-state index is 13.5. The molecular formula is C26H26N4O3S. The number of nitrogens with zero attached hydrogens (tertiary/aromatic N) is 2. The van der Waals surface area contributed by atoms with Gasteiger partial charge in [-0.15, -0.1) is 11.3 Å². The second-order valence-electron chi connectivity index (χ2n) is 8.39. The number of carbonyl (C=O) groups excluding carboxylic acids is 2. The Morgan fingerprint density at radius 3 is 2.24 bits per heavy atom. The van der Waals surface area contributed by atoms with Gasteiger partial charge in [0.25, 0.3) is 5.56 Å². The van der Waals surface area contributed by atoms with E-state index in [0.29, 0.717) is 21.6 Å². The maximum Gasteiger partial charge on any atom is 0.263 e. The molecule has 8 heteroatoms. The molecule has 4 rings (SSSR count). The molecule has 2 amide bonds. The Balaban J connectivity index is 1.67. The van der Waals surface area contributed by atoms with Crippen LogP contribution in [0.3, 0.4) is 0 Å². The minimum absolute atomic E-state index is 0.170. The molecule has 0 saturated carbocycles. The van der Waals surface area contributed by atoms with E-state index in [2.05, 4.69) is 34.7 Å². The first-order valence-electron chi connectivity index (χ1n) is 10.9. The third-order valence-electron chi connectivity index (χ3n) is 5.88. The number of aromatic nitrogens is 2. The minimum Gasteiger partial charge on any atom is -0.326 e. The molecule has 0 aliphatic carbocycles. The fourth-order valence-corrected chi connectivity index (χ4v) is 4.85. The molecule has 0 fully saturated rings. The molecule has 2 heterocycles. The quantitative estimate of drug-likeness (QED) is 0.415. The minimum atomic E-state index is -0.771. The lowest BCUT2D eigenvalue weighted by Crippen LogP contribution is -2.31. The molecule has 4 aromatic rings. The van der Waals surface area contributed by atoms with Gasteiger partial charge in [-0.2, -0.15) is 0 Å². The first-order chi connectivity index (χ1) is 16.2. The van der Waals surface area contributed by atoms with Crippen molar-refractivity contribution in [1.82, 2.24) is 9.55 Å². The summed E-state index contributed by atoms with van der Waals surface area (Å²) in [6, 6.07) is 12.2. The summed E-state index contributed by atoms with van der Waals surface area (Å²) in [5, 5.41) is 6.04. The fourth-order valence-electron chi connectivity index (χ4n) is 3.85. The summed E-state index contributed by atoms with van der Waals surface area (Å²) in [7, 11) is 0. The Morgan fingerprint density at radius 1 is 0.971 bits per heavy atom. The molecular weight excluding hydrogens is 448 g/mol. The zero-order valence-electron chi connectivity index (χ0n) is 19.7. The molecule has 0 aliphatic heterocycles. The number of anilines is 2. The second-order valence-corrected chi connectivity index (χ2v) is 9.60. The van der Waals surface area contributed by atoms with E-state index in [1.807, 2.05) is 19.9 Å². The van der Waals surface area contributed by atoms with E-state index in [4.69, 9.17) is 0 Å². The van der Waals surface area contributed by atoms with E-state index in [1.165, 1.54) is 34.7 Å². The van der Waals surface area contributed by atoms with Gasteiger partial charge in [0.15, 0.2) is 0 Å². The van der Waals surface area contributed by atoms with E-state index in [0.717, 1.165) is 21.6 Å². The predicted octanol–water partition coefficient (Wildman–Crippen LogP) is 5.21. The van der Waals surface area contributed by atoms with Gasteiger partial charge in [-0.05, 0) is 68.7 Å². The van der Waals surface area contributed by atoms with Gasteiger partial charge in [-0.1, -0.05) is 18.2 Å². The molecule has 0 saturated heterocycles. The van der Waals surface area contributed by atoms with Crippen molar-refractivity contribution in [3.05, 3.63) is 75.1 Å². The third kappa shape index (κ3) is 4.49. The van der Waals surface area contributed by atoms with Crippen LogP contribution >= 0.6 is 11.3 Å². The molecule has 0 radical (unpaired) electrons. The molecule has 2 aromatic carbocycles. The Bertz CT molecular complexity index is 1470. The molecule has 2 N–H and O–H groups in total. The lowest BCUT2D eigenvalue weighted by Gasteiger charge is -2.15. The lowest BCUT2D eigenvalue weighted by atomic mass is 9.99. The Hall–Kier alpha value is -3.78. The Labute approximate surface area is 201 Å². The van der Waals surface area contributed by atoms with Gasteiger partial charge >= 0.3 is 0 Å². The van der Waals surface area contributed by atoms with Gasteiger partial charge in [0.2, 0.25) is 11.8 Å². The summed E-state index contributed by atoms with van der Waals surface area (Å²) in [6.07, 6.45) is 1.44. The Morgan fingerprint density at radius 2 is 1.62 bits per heavy atom. The van der Waals surface area contributed by atoms with E-state index in [9.17, 15) is 14.4 Å². The molecule has 1 atom stereocenters. The van der Waals surface area contributed by atoms with Crippen molar-refractivity contribution < 1.29 is 9.59 Å². The number of nitrogens with one attached hydrogen (secondary N) is 2. The van der Waals surface area contributed by atoms with Crippen LogP contribution in [-0.2, 0) is 9.59 Å². The fraction of sp³-hybridized carbons (Fsp3) is 0.231. The van der Waals surface area contributed by atoms with Gasteiger partial charge in [0.1, 0.15) is 10.9 Å². The lowest BCUT2D eigenvalue weighted by molar-refractivity contribution is -0.119. The number of hydrogen-bond donors (Lipinski definition) is 2. The number of carbonyl (C=O) groups is 2. The van der Waals surface area contributed by atoms with Crippen LogP contribution in [0.5, 0.6) is 0 Å². The monoisotopic (exact) mass is 474 g/mol. The first-order valence-corrected chi connectivity index (χ1v) is 11.7. The largest absolute Gasteiger partial charge is 0.326 e. The Kier molecular flexibility index (Phi) is 6.34. The zero-order chi connectivity index (χ0) is 24.6. The van der Waals surface area contributed by atoms with Crippen molar-refractivity contribution in [3.8, 4) is 11.1 Å². The van der Waals surface area contributed by atoms with Crippen molar-refractivity contribution in [2.24, 2.45) is 0 Å². The molecule has 0 aliphatic rings. The van der Waals surface area contributed by atoms with E-state index in [-0.39, 0.29) is 17.4 Å². The summed E-state index contributed by atoms with van der Waals surface area (Å²) >= 11 is 1.48.